The van der Waals surface area contributed by atoms with Crippen molar-refractivity contribution in [1.29, 1.82) is 0 Å². The molecule has 6 heteroatoms. The first-order valence-corrected chi connectivity index (χ1v) is 20.3. The van der Waals surface area contributed by atoms with E-state index in [2.05, 4.69) is 107 Å². The van der Waals surface area contributed by atoms with E-state index < -0.39 is 0 Å². The van der Waals surface area contributed by atoms with Crippen LogP contribution in [0.1, 0.15) is 145 Å². The van der Waals surface area contributed by atoms with Crippen molar-refractivity contribution in [2.45, 2.75) is 129 Å². The highest BCUT2D eigenvalue weighted by Gasteiger charge is 2.38. The van der Waals surface area contributed by atoms with Crippen molar-refractivity contribution in [3.63, 3.8) is 0 Å². The first kappa shape index (κ1) is 38.4. The Labute approximate surface area is 327 Å². The van der Waals surface area contributed by atoms with E-state index in [9.17, 15) is 0 Å². The van der Waals surface area contributed by atoms with Gasteiger partial charge in [0.25, 0.3) is 5.70 Å². The summed E-state index contributed by atoms with van der Waals surface area (Å²) in [6, 6.07) is 24.4. The molecule has 0 spiro atoms. The number of hydrogen-bond acceptors (Lipinski definition) is 3. The van der Waals surface area contributed by atoms with Gasteiger partial charge in [0.1, 0.15) is 11.5 Å². The van der Waals surface area contributed by atoms with Gasteiger partial charge in [0.05, 0.1) is 18.0 Å². The molecule has 5 nitrogen and oxygen atoms in total. The SMILES string of the molecule is [C-]#[N+]C1=C(C2CCCCC2)C(=C(c2ccc(C)cc2)c2[nH]c(Oc3ccc(C(C)(C)C)cc3)c(F)c2C2CCCCC2)N=C1Oc1ccc(C(C)(C)C)cc1. The van der Waals surface area contributed by atoms with Crippen LogP contribution < -0.4 is 9.47 Å². The monoisotopic (exact) mass is 737 g/mol. The number of benzene rings is 3. The van der Waals surface area contributed by atoms with Gasteiger partial charge in [-0.25, -0.2) is 14.2 Å². The summed E-state index contributed by atoms with van der Waals surface area (Å²) >= 11 is 0. The van der Waals surface area contributed by atoms with Crippen LogP contribution >= 0.6 is 0 Å². The second-order valence-electron chi connectivity index (χ2n) is 17.9. The predicted molar refractivity (Wildman–Crippen MR) is 222 cm³/mol. The first-order valence-electron chi connectivity index (χ1n) is 20.3. The molecule has 3 aliphatic rings. The highest BCUT2D eigenvalue weighted by atomic mass is 19.1. The third-order valence-corrected chi connectivity index (χ3v) is 11.7. The van der Waals surface area contributed by atoms with Crippen LogP contribution in [-0.2, 0) is 10.8 Å². The fourth-order valence-electron chi connectivity index (χ4n) is 8.49. The van der Waals surface area contributed by atoms with Crippen molar-refractivity contribution in [3.8, 4) is 17.4 Å². The van der Waals surface area contributed by atoms with Crippen molar-refractivity contribution < 1.29 is 13.9 Å². The van der Waals surface area contributed by atoms with Gasteiger partial charge >= 0.3 is 0 Å². The van der Waals surface area contributed by atoms with Gasteiger partial charge in [0, 0.05) is 11.1 Å². The summed E-state index contributed by atoms with van der Waals surface area (Å²) in [6.07, 6.45) is 10.3. The lowest BCUT2D eigenvalue weighted by molar-refractivity contribution is 0.405. The quantitative estimate of drug-likeness (QED) is 0.192. The first-order chi connectivity index (χ1) is 26.3. The summed E-state index contributed by atoms with van der Waals surface area (Å²) in [7, 11) is 0. The van der Waals surface area contributed by atoms with Crippen LogP contribution in [0.4, 0.5) is 4.39 Å². The molecular formula is C49H56FN3O2. The highest BCUT2D eigenvalue weighted by molar-refractivity contribution is 6.05. The number of nitrogens with zero attached hydrogens (tertiary/aromatic N) is 2. The van der Waals surface area contributed by atoms with Crippen LogP contribution in [0.5, 0.6) is 17.4 Å². The zero-order chi connectivity index (χ0) is 38.9. The van der Waals surface area contributed by atoms with E-state index in [0.29, 0.717) is 40.0 Å². The van der Waals surface area contributed by atoms with Gasteiger partial charge in [-0.1, -0.05) is 134 Å². The molecule has 1 aliphatic heterocycles. The summed E-state index contributed by atoms with van der Waals surface area (Å²) in [5.74, 6) is 1.43. The molecule has 0 unspecified atom stereocenters. The summed E-state index contributed by atoms with van der Waals surface area (Å²) in [5, 5.41) is 0. The third kappa shape index (κ3) is 8.23. The van der Waals surface area contributed by atoms with E-state index in [4.69, 9.17) is 21.0 Å². The second kappa shape index (κ2) is 15.7. The number of ether oxygens (including phenoxy) is 2. The van der Waals surface area contributed by atoms with Gasteiger partial charge in [-0.3, -0.25) is 0 Å². The molecule has 2 saturated carbocycles. The normalized spacial score (nSPS) is 18.3. The number of hydrogen-bond donors (Lipinski definition) is 1. The van der Waals surface area contributed by atoms with E-state index >= 15 is 4.39 Å². The molecule has 286 valence electrons. The number of H-pyrrole nitrogens is 1. The molecule has 2 fully saturated rings. The smallest absolute Gasteiger partial charge is 0.253 e. The molecule has 2 aliphatic carbocycles. The van der Waals surface area contributed by atoms with E-state index in [0.717, 1.165) is 80.1 Å². The van der Waals surface area contributed by atoms with Crippen LogP contribution in [0, 0.1) is 25.2 Å². The molecule has 1 N–H and O–H groups in total. The van der Waals surface area contributed by atoms with Crippen LogP contribution in [0.2, 0.25) is 0 Å². The molecule has 0 radical (unpaired) electrons. The molecule has 4 aromatic rings. The van der Waals surface area contributed by atoms with Gasteiger partial charge in [0.2, 0.25) is 11.8 Å². The van der Waals surface area contributed by atoms with Gasteiger partial charge < -0.3 is 14.5 Å². The summed E-state index contributed by atoms with van der Waals surface area (Å²) in [5.41, 5.74) is 8.60. The average Bonchev–Trinajstić information content (AvgIpc) is 3.69. The van der Waals surface area contributed by atoms with Crippen molar-refractivity contribution in [3.05, 3.63) is 141 Å². The van der Waals surface area contributed by atoms with E-state index in [-0.39, 0.29) is 34.4 Å². The Hall–Kier alpha value is -4.89. The largest absolute Gasteiger partial charge is 0.449 e. The Bertz CT molecular complexity index is 2140. The van der Waals surface area contributed by atoms with Crippen LogP contribution in [0.25, 0.3) is 10.4 Å². The topological polar surface area (TPSA) is 51.0 Å². The Morgan fingerprint density at radius 2 is 1.22 bits per heavy atom. The lowest BCUT2D eigenvalue weighted by atomic mass is 9.79. The Kier molecular flexibility index (Phi) is 11.0. The number of nitrogens with one attached hydrogen (secondary N) is 1. The van der Waals surface area contributed by atoms with Crippen LogP contribution in [0.15, 0.2) is 94.8 Å². The minimum Gasteiger partial charge on any atom is -0.449 e. The van der Waals surface area contributed by atoms with Gasteiger partial charge in [-0.15, -0.1) is 0 Å². The molecule has 0 atom stereocenters. The standard InChI is InChI=1S/C49H56FN3O2/c1-31-19-21-34(22-20-31)40(43-39(32-15-11-9-12-16-32)42(50)46(52-43)54-37-27-23-35(24-28-37)48(2,3)4)44-41(33-17-13-10-14-18-33)45(51-8)47(53-44)55-38-29-25-36(26-30-38)49(5,6)7/h19-30,32-33,52H,9-18H2,1-7H3. The maximum absolute atomic E-state index is 17.2. The number of rotatable bonds is 7. The van der Waals surface area contributed by atoms with Crippen LogP contribution in [-0.4, -0.2) is 10.9 Å². The highest BCUT2D eigenvalue weighted by Crippen LogP contribution is 2.49. The Morgan fingerprint density at radius 1 is 0.709 bits per heavy atom. The number of aromatic amines is 1. The number of aliphatic imine (C=N–C) groups is 1. The van der Waals surface area contributed by atoms with Gasteiger partial charge in [-0.05, 0) is 102 Å². The van der Waals surface area contributed by atoms with Crippen molar-refractivity contribution >= 4 is 11.5 Å². The molecular weight excluding hydrogens is 682 g/mol. The van der Waals surface area contributed by atoms with Gasteiger partial charge in [-0.2, -0.15) is 0 Å². The maximum Gasteiger partial charge on any atom is 0.253 e. The predicted octanol–water partition coefficient (Wildman–Crippen LogP) is 13.9. The zero-order valence-electron chi connectivity index (χ0n) is 33.7. The Balaban J connectivity index is 1.44. The van der Waals surface area contributed by atoms with E-state index in [1.807, 2.05) is 24.3 Å². The van der Waals surface area contributed by atoms with Gasteiger partial charge in [0.15, 0.2) is 5.82 Å². The second-order valence-corrected chi connectivity index (χ2v) is 17.9. The molecule has 0 bridgehead atoms. The number of aromatic nitrogens is 1. The molecule has 2 heterocycles. The summed E-state index contributed by atoms with van der Waals surface area (Å²) in [6.45, 7) is 23.7. The van der Waals surface area contributed by atoms with E-state index in [1.54, 1.807) is 0 Å². The Morgan fingerprint density at radius 3 is 1.73 bits per heavy atom. The molecule has 55 heavy (non-hydrogen) atoms. The molecule has 0 amide bonds. The minimum atomic E-state index is -0.349. The molecule has 3 aromatic carbocycles. The lowest BCUT2D eigenvalue weighted by Gasteiger charge is -2.26. The van der Waals surface area contributed by atoms with Crippen molar-refractivity contribution in [1.82, 2.24) is 4.98 Å². The minimum absolute atomic E-state index is 0.00220. The maximum atomic E-state index is 17.2. The fraction of sp³-hybridized carbons (Fsp3) is 0.429. The number of aryl methyl sites for hydroxylation is 1. The molecule has 0 saturated heterocycles. The fourth-order valence-corrected chi connectivity index (χ4v) is 8.49. The van der Waals surface area contributed by atoms with Crippen LogP contribution in [0.3, 0.4) is 0 Å². The van der Waals surface area contributed by atoms with Crippen molar-refractivity contribution in [2.24, 2.45) is 10.9 Å². The van der Waals surface area contributed by atoms with E-state index in [1.165, 1.54) is 17.5 Å². The average molecular weight is 738 g/mol. The molecule has 1 aromatic heterocycles. The number of allylic oxidation sites excluding steroid dienone is 1. The number of halogens is 1. The summed E-state index contributed by atoms with van der Waals surface area (Å²) < 4.78 is 30.2. The van der Waals surface area contributed by atoms with Crippen molar-refractivity contribution in [2.75, 3.05) is 0 Å². The lowest BCUT2D eigenvalue weighted by Crippen LogP contribution is -2.14. The third-order valence-electron chi connectivity index (χ3n) is 11.7. The molecule has 7 rings (SSSR count). The summed E-state index contributed by atoms with van der Waals surface area (Å²) in [4.78, 5) is 12.9. The zero-order valence-corrected chi connectivity index (χ0v) is 33.7.